The van der Waals surface area contributed by atoms with Crippen LogP contribution >= 0.6 is 0 Å². The van der Waals surface area contributed by atoms with Crippen LogP contribution in [-0.4, -0.2) is 30.9 Å². The van der Waals surface area contributed by atoms with Crippen molar-refractivity contribution in [1.82, 2.24) is 0 Å². The second-order valence-corrected chi connectivity index (χ2v) is 5.77. The number of benzene rings is 1. The summed E-state index contributed by atoms with van der Waals surface area (Å²) in [6, 6.07) is 5.49. The van der Waals surface area contributed by atoms with E-state index in [1.165, 1.54) is 0 Å². The third kappa shape index (κ3) is 4.12. The molecule has 5 nitrogen and oxygen atoms in total. The molecule has 2 saturated heterocycles. The zero-order valence-corrected chi connectivity index (χ0v) is 12.8. The first kappa shape index (κ1) is 15.6. The van der Waals surface area contributed by atoms with Gasteiger partial charge in [0.15, 0.2) is 24.1 Å². The number of aliphatic hydroxyl groups is 1. The van der Waals surface area contributed by atoms with E-state index in [4.69, 9.17) is 18.9 Å². The van der Waals surface area contributed by atoms with Crippen LogP contribution < -0.4 is 9.47 Å². The fraction of sp³-hybridized carbons (Fsp3) is 0.647. The minimum Gasteiger partial charge on any atom is -0.461 e. The van der Waals surface area contributed by atoms with Gasteiger partial charge in [0.25, 0.3) is 0 Å². The molecular formula is C17H24O5. The Morgan fingerprint density at radius 2 is 1.55 bits per heavy atom. The average Bonchev–Trinajstić information content (AvgIpc) is 2.58. The summed E-state index contributed by atoms with van der Waals surface area (Å²) >= 11 is 0. The number of ether oxygens (including phenoxy) is 4. The SMILES string of the molecule is OCc1ccc(O[C@@H]2CCCCO2)c(O[C@H]2CCCCO2)c1. The van der Waals surface area contributed by atoms with Crippen LogP contribution in [0.1, 0.15) is 44.1 Å². The van der Waals surface area contributed by atoms with Gasteiger partial charge in [-0.3, -0.25) is 0 Å². The van der Waals surface area contributed by atoms with Crippen LogP contribution in [0.5, 0.6) is 11.5 Å². The molecular weight excluding hydrogens is 284 g/mol. The van der Waals surface area contributed by atoms with E-state index < -0.39 is 0 Å². The van der Waals surface area contributed by atoms with Crippen molar-refractivity contribution in [3.63, 3.8) is 0 Å². The molecule has 1 aromatic rings. The molecule has 22 heavy (non-hydrogen) atoms. The van der Waals surface area contributed by atoms with E-state index in [-0.39, 0.29) is 19.2 Å². The van der Waals surface area contributed by atoms with Gasteiger partial charge < -0.3 is 24.1 Å². The normalized spacial score (nSPS) is 25.7. The molecule has 0 bridgehead atoms. The molecule has 2 heterocycles. The lowest BCUT2D eigenvalue weighted by Crippen LogP contribution is -2.27. The lowest BCUT2D eigenvalue weighted by atomic mass is 10.2. The maximum absolute atomic E-state index is 9.33. The van der Waals surface area contributed by atoms with E-state index in [1.54, 1.807) is 0 Å². The standard InChI is InChI=1S/C17H24O5/c18-12-13-7-8-14(21-16-5-1-3-9-19-16)15(11-13)22-17-6-2-4-10-20-17/h7-8,11,16-18H,1-6,9-10,12H2/t16-,17+/m1/s1. The smallest absolute Gasteiger partial charge is 0.200 e. The van der Waals surface area contributed by atoms with Gasteiger partial charge in [-0.2, -0.15) is 0 Å². The maximum Gasteiger partial charge on any atom is 0.200 e. The monoisotopic (exact) mass is 308 g/mol. The molecule has 122 valence electrons. The largest absolute Gasteiger partial charge is 0.461 e. The average molecular weight is 308 g/mol. The Morgan fingerprint density at radius 1 is 0.909 bits per heavy atom. The molecule has 1 N–H and O–H groups in total. The van der Waals surface area contributed by atoms with E-state index in [0.29, 0.717) is 11.5 Å². The topological polar surface area (TPSA) is 57.2 Å². The molecule has 0 aliphatic carbocycles. The Hall–Kier alpha value is -1.30. The Bertz CT molecular complexity index is 464. The number of aliphatic hydroxyl groups excluding tert-OH is 1. The molecule has 0 saturated carbocycles. The minimum atomic E-state index is -0.239. The Kier molecular flexibility index (Phi) is 5.53. The highest BCUT2D eigenvalue weighted by molar-refractivity contribution is 5.43. The summed E-state index contributed by atoms with van der Waals surface area (Å²) in [4.78, 5) is 0. The third-order valence-electron chi connectivity index (χ3n) is 3.98. The summed E-state index contributed by atoms with van der Waals surface area (Å²) in [6.07, 6.45) is 5.69. The predicted octanol–water partition coefficient (Wildman–Crippen LogP) is 2.99. The number of hydrogen-bond donors (Lipinski definition) is 1. The highest BCUT2D eigenvalue weighted by Gasteiger charge is 2.21. The first-order valence-corrected chi connectivity index (χ1v) is 8.15. The molecule has 1 aromatic carbocycles. The second kappa shape index (κ2) is 7.81. The van der Waals surface area contributed by atoms with Crippen molar-refractivity contribution in [2.45, 2.75) is 57.7 Å². The Labute approximate surface area is 131 Å². The second-order valence-electron chi connectivity index (χ2n) is 5.77. The first-order chi connectivity index (χ1) is 10.8. The molecule has 0 amide bonds. The van der Waals surface area contributed by atoms with Crippen molar-refractivity contribution in [1.29, 1.82) is 0 Å². The van der Waals surface area contributed by atoms with Gasteiger partial charge in [-0.05, 0) is 43.4 Å². The summed E-state index contributed by atoms with van der Waals surface area (Å²) in [5.41, 5.74) is 0.794. The van der Waals surface area contributed by atoms with Crippen molar-refractivity contribution in [3.05, 3.63) is 23.8 Å². The maximum atomic E-state index is 9.33. The van der Waals surface area contributed by atoms with Crippen molar-refractivity contribution in [3.8, 4) is 11.5 Å². The summed E-state index contributed by atoms with van der Waals surface area (Å²) < 4.78 is 23.2. The van der Waals surface area contributed by atoms with Crippen molar-refractivity contribution < 1.29 is 24.1 Å². The van der Waals surface area contributed by atoms with Gasteiger partial charge in [0.1, 0.15) is 0 Å². The van der Waals surface area contributed by atoms with Crippen LogP contribution in [0.4, 0.5) is 0 Å². The van der Waals surface area contributed by atoms with Crippen molar-refractivity contribution in [2.75, 3.05) is 13.2 Å². The molecule has 2 fully saturated rings. The van der Waals surface area contributed by atoms with E-state index in [1.807, 2.05) is 18.2 Å². The van der Waals surface area contributed by atoms with Gasteiger partial charge in [-0.25, -0.2) is 0 Å². The van der Waals surface area contributed by atoms with Crippen molar-refractivity contribution in [2.24, 2.45) is 0 Å². The molecule has 5 heteroatoms. The van der Waals surface area contributed by atoms with Crippen LogP contribution in [-0.2, 0) is 16.1 Å². The number of rotatable bonds is 5. The lowest BCUT2D eigenvalue weighted by Gasteiger charge is -2.27. The van der Waals surface area contributed by atoms with Gasteiger partial charge in [-0.15, -0.1) is 0 Å². The van der Waals surface area contributed by atoms with Gasteiger partial charge in [0.2, 0.25) is 0 Å². The fourth-order valence-corrected chi connectivity index (χ4v) is 2.73. The molecule has 0 aromatic heterocycles. The molecule has 3 rings (SSSR count). The third-order valence-corrected chi connectivity index (χ3v) is 3.98. The highest BCUT2D eigenvalue weighted by Crippen LogP contribution is 2.33. The molecule has 0 unspecified atom stereocenters. The summed E-state index contributed by atoms with van der Waals surface area (Å²) in [5, 5.41) is 9.33. The predicted molar refractivity (Wildman–Crippen MR) is 80.8 cm³/mol. The zero-order chi connectivity index (χ0) is 15.2. The summed E-state index contributed by atoms with van der Waals surface area (Å²) in [5.74, 6) is 1.27. The lowest BCUT2D eigenvalue weighted by molar-refractivity contribution is -0.119. The Balaban J connectivity index is 1.71. The zero-order valence-electron chi connectivity index (χ0n) is 12.8. The van der Waals surface area contributed by atoms with Gasteiger partial charge in [-0.1, -0.05) is 6.07 Å². The van der Waals surface area contributed by atoms with Gasteiger partial charge in [0.05, 0.1) is 19.8 Å². The minimum absolute atomic E-state index is 0.0257. The van der Waals surface area contributed by atoms with E-state index in [0.717, 1.165) is 57.3 Å². The Morgan fingerprint density at radius 3 is 2.09 bits per heavy atom. The fourth-order valence-electron chi connectivity index (χ4n) is 2.73. The van der Waals surface area contributed by atoms with Gasteiger partial charge in [0, 0.05) is 12.8 Å². The summed E-state index contributed by atoms with van der Waals surface area (Å²) in [7, 11) is 0. The van der Waals surface area contributed by atoms with E-state index in [2.05, 4.69) is 0 Å². The summed E-state index contributed by atoms with van der Waals surface area (Å²) in [6.45, 7) is 1.44. The van der Waals surface area contributed by atoms with E-state index in [9.17, 15) is 5.11 Å². The molecule has 2 atom stereocenters. The molecule has 0 radical (unpaired) electrons. The van der Waals surface area contributed by atoms with Crippen LogP contribution in [0.2, 0.25) is 0 Å². The van der Waals surface area contributed by atoms with Crippen LogP contribution in [0.15, 0.2) is 18.2 Å². The highest BCUT2D eigenvalue weighted by atomic mass is 16.7. The molecule has 0 spiro atoms. The van der Waals surface area contributed by atoms with Crippen LogP contribution in [0, 0.1) is 0 Å². The van der Waals surface area contributed by atoms with Crippen molar-refractivity contribution >= 4 is 0 Å². The molecule has 2 aliphatic rings. The van der Waals surface area contributed by atoms with Crippen LogP contribution in [0.25, 0.3) is 0 Å². The van der Waals surface area contributed by atoms with Crippen LogP contribution in [0.3, 0.4) is 0 Å². The first-order valence-electron chi connectivity index (χ1n) is 8.15. The molecule has 2 aliphatic heterocycles. The quantitative estimate of drug-likeness (QED) is 0.906. The van der Waals surface area contributed by atoms with Gasteiger partial charge >= 0.3 is 0 Å². The number of hydrogen-bond acceptors (Lipinski definition) is 5. The van der Waals surface area contributed by atoms with E-state index >= 15 is 0 Å².